The Balaban J connectivity index is 2.28. The Morgan fingerprint density at radius 3 is 2.87 bits per heavy atom. The highest BCUT2D eigenvalue weighted by molar-refractivity contribution is 5.76. The lowest BCUT2D eigenvalue weighted by Crippen LogP contribution is -2.33. The number of carboxylic acid groups (broad SMARTS) is 1. The smallest absolute Gasteiger partial charge is 0.308 e. The van der Waals surface area contributed by atoms with Crippen LogP contribution in [0.15, 0.2) is 6.33 Å². The highest BCUT2D eigenvalue weighted by atomic mass is 16.4. The molecule has 0 spiro atoms. The van der Waals surface area contributed by atoms with Crippen LogP contribution in [0.4, 0.5) is 0 Å². The molecule has 0 fully saturated rings. The molecule has 0 saturated heterocycles. The fourth-order valence-electron chi connectivity index (χ4n) is 0.810. The van der Waals surface area contributed by atoms with Crippen molar-refractivity contribution in [1.82, 2.24) is 25.5 Å². The first-order valence-electron chi connectivity index (χ1n) is 4.30. The summed E-state index contributed by atoms with van der Waals surface area (Å²) in [4.78, 5) is 21.7. The molecule has 2 N–H and O–H groups in total. The molecule has 1 heterocycles. The molecule has 1 atom stereocenters. The fourth-order valence-corrected chi connectivity index (χ4v) is 0.810. The SMILES string of the molecule is CC(CNC(=O)Cn1cnnn1)C(=O)O. The molecule has 0 bridgehead atoms. The van der Waals surface area contributed by atoms with Crippen LogP contribution in [0.3, 0.4) is 0 Å². The number of hydrogen-bond acceptors (Lipinski definition) is 5. The molecular weight excluding hydrogens is 202 g/mol. The van der Waals surface area contributed by atoms with Crippen molar-refractivity contribution in [3.05, 3.63) is 6.33 Å². The number of hydrogen-bond donors (Lipinski definition) is 2. The van der Waals surface area contributed by atoms with E-state index >= 15 is 0 Å². The fraction of sp³-hybridized carbons (Fsp3) is 0.571. The third kappa shape index (κ3) is 3.71. The van der Waals surface area contributed by atoms with Gasteiger partial charge in [-0.15, -0.1) is 5.10 Å². The quantitative estimate of drug-likeness (QED) is 0.616. The minimum Gasteiger partial charge on any atom is -0.481 e. The van der Waals surface area contributed by atoms with Gasteiger partial charge in [-0.2, -0.15) is 0 Å². The maximum atomic E-state index is 11.2. The molecule has 1 aromatic rings. The largest absolute Gasteiger partial charge is 0.481 e. The van der Waals surface area contributed by atoms with E-state index in [1.807, 2.05) is 0 Å². The first-order chi connectivity index (χ1) is 7.09. The molecule has 1 unspecified atom stereocenters. The molecule has 0 saturated carbocycles. The molecule has 0 radical (unpaired) electrons. The predicted octanol–water partition coefficient (Wildman–Crippen LogP) is -1.49. The summed E-state index contributed by atoms with van der Waals surface area (Å²) in [5.74, 6) is -1.88. The predicted molar refractivity (Wildman–Crippen MR) is 47.6 cm³/mol. The van der Waals surface area contributed by atoms with Gasteiger partial charge in [-0.3, -0.25) is 9.59 Å². The minimum absolute atomic E-state index is 0.0145. The number of carbonyl (C=O) groups excluding carboxylic acids is 1. The summed E-state index contributed by atoms with van der Waals surface area (Å²) in [5.41, 5.74) is 0. The highest BCUT2D eigenvalue weighted by Gasteiger charge is 2.12. The topological polar surface area (TPSA) is 110 Å². The number of aromatic nitrogens is 4. The van der Waals surface area contributed by atoms with Crippen LogP contribution in [-0.4, -0.2) is 43.7 Å². The van der Waals surface area contributed by atoms with Gasteiger partial charge in [-0.05, 0) is 10.4 Å². The van der Waals surface area contributed by atoms with Crippen molar-refractivity contribution in [3.8, 4) is 0 Å². The van der Waals surface area contributed by atoms with Crippen LogP contribution < -0.4 is 5.32 Å². The average Bonchev–Trinajstić information content (AvgIpc) is 2.66. The van der Waals surface area contributed by atoms with Gasteiger partial charge < -0.3 is 10.4 Å². The molecule has 15 heavy (non-hydrogen) atoms. The summed E-state index contributed by atoms with van der Waals surface area (Å²) in [6, 6.07) is 0. The van der Waals surface area contributed by atoms with E-state index in [4.69, 9.17) is 5.11 Å². The van der Waals surface area contributed by atoms with Crippen LogP contribution in [0.5, 0.6) is 0 Å². The number of tetrazole rings is 1. The number of nitrogens with one attached hydrogen (secondary N) is 1. The Morgan fingerprint density at radius 2 is 2.33 bits per heavy atom. The Labute approximate surface area is 85.3 Å². The third-order valence-electron chi connectivity index (χ3n) is 1.72. The zero-order chi connectivity index (χ0) is 11.3. The van der Waals surface area contributed by atoms with Crippen molar-refractivity contribution >= 4 is 11.9 Å². The molecule has 8 heteroatoms. The van der Waals surface area contributed by atoms with Crippen molar-refractivity contribution in [2.45, 2.75) is 13.5 Å². The average molecular weight is 213 g/mol. The molecule has 0 aliphatic heterocycles. The van der Waals surface area contributed by atoms with Gasteiger partial charge in [-0.25, -0.2) is 4.68 Å². The van der Waals surface area contributed by atoms with E-state index in [9.17, 15) is 9.59 Å². The first-order valence-corrected chi connectivity index (χ1v) is 4.30. The van der Waals surface area contributed by atoms with Gasteiger partial charge in [0.15, 0.2) is 0 Å². The summed E-state index contributed by atoms with van der Waals surface area (Å²) in [6.07, 6.45) is 1.31. The molecule has 1 amide bonds. The summed E-state index contributed by atoms with van der Waals surface area (Å²) < 4.78 is 1.25. The Kier molecular flexibility index (Phi) is 3.72. The number of carbonyl (C=O) groups is 2. The lowest BCUT2D eigenvalue weighted by Gasteiger charge is -2.07. The lowest BCUT2D eigenvalue weighted by atomic mass is 10.2. The van der Waals surface area contributed by atoms with E-state index in [0.717, 1.165) is 0 Å². The van der Waals surface area contributed by atoms with Gasteiger partial charge >= 0.3 is 5.97 Å². The molecule has 0 aromatic carbocycles. The zero-order valence-electron chi connectivity index (χ0n) is 8.12. The first kappa shape index (κ1) is 11.1. The standard InChI is InChI=1S/C7H11N5O3/c1-5(7(14)15)2-8-6(13)3-12-4-9-10-11-12/h4-5H,2-3H2,1H3,(H,8,13)(H,14,15). The van der Waals surface area contributed by atoms with Gasteiger partial charge in [0.25, 0.3) is 0 Å². The van der Waals surface area contributed by atoms with E-state index in [0.29, 0.717) is 0 Å². The van der Waals surface area contributed by atoms with Gasteiger partial charge in [0, 0.05) is 6.54 Å². The van der Waals surface area contributed by atoms with Crippen LogP contribution in [0.1, 0.15) is 6.92 Å². The molecule has 8 nitrogen and oxygen atoms in total. The normalized spacial score (nSPS) is 12.1. The van der Waals surface area contributed by atoms with Crippen LogP contribution in [0, 0.1) is 5.92 Å². The van der Waals surface area contributed by atoms with E-state index in [2.05, 4.69) is 20.8 Å². The van der Waals surface area contributed by atoms with Gasteiger partial charge in [0.2, 0.25) is 5.91 Å². The van der Waals surface area contributed by atoms with Crippen molar-refractivity contribution in [2.24, 2.45) is 5.92 Å². The second-order valence-corrected chi connectivity index (χ2v) is 3.05. The summed E-state index contributed by atoms with van der Waals surface area (Å²) in [6.45, 7) is 1.59. The van der Waals surface area contributed by atoms with Crippen molar-refractivity contribution < 1.29 is 14.7 Å². The molecule has 0 aliphatic rings. The van der Waals surface area contributed by atoms with Crippen LogP contribution in [0.2, 0.25) is 0 Å². The second-order valence-electron chi connectivity index (χ2n) is 3.05. The van der Waals surface area contributed by atoms with Crippen LogP contribution >= 0.6 is 0 Å². The maximum absolute atomic E-state index is 11.2. The number of rotatable bonds is 5. The second kappa shape index (κ2) is 5.03. The van der Waals surface area contributed by atoms with Crippen LogP contribution in [-0.2, 0) is 16.1 Å². The molecule has 82 valence electrons. The number of carboxylic acids is 1. The molecule has 0 aliphatic carbocycles. The Morgan fingerprint density at radius 1 is 1.60 bits per heavy atom. The highest BCUT2D eigenvalue weighted by Crippen LogP contribution is 1.91. The molecule has 1 rings (SSSR count). The van der Waals surface area contributed by atoms with Crippen molar-refractivity contribution in [1.29, 1.82) is 0 Å². The summed E-state index contributed by atoms with van der Waals surface area (Å²) >= 11 is 0. The van der Waals surface area contributed by atoms with Gasteiger partial charge in [-0.1, -0.05) is 6.92 Å². The summed E-state index contributed by atoms with van der Waals surface area (Å²) in [5, 5.41) is 21.2. The number of aliphatic carboxylic acids is 1. The van der Waals surface area contributed by atoms with Crippen molar-refractivity contribution in [2.75, 3.05) is 6.54 Å². The van der Waals surface area contributed by atoms with E-state index in [1.54, 1.807) is 0 Å². The van der Waals surface area contributed by atoms with Crippen LogP contribution in [0.25, 0.3) is 0 Å². The monoisotopic (exact) mass is 213 g/mol. The lowest BCUT2D eigenvalue weighted by molar-refractivity contribution is -0.141. The maximum Gasteiger partial charge on any atom is 0.308 e. The number of amides is 1. The zero-order valence-corrected chi connectivity index (χ0v) is 8.12. The Bertz CT molecular complexity index is 336. The van der Waals surface area contributed by atoms with Gasteiger partial charge in [0.1, 0.15) is 12.9 Å². The Hall–Kier alpha value is -1.99. The van der Waals surface area contributed by atoms with E-state index < -0.39 is 11.9 Å². The number of nitrogens with zero attached hydrogens (tertiary/aromatic N) is 4. The third-order valence-corrected chi connectivity index (χ3v) is 1.72. The van der Waals surface area contributed by atoms with E-state index in [-0.39, 0.29) is 19.0 Å². The summed E-state index contributed by atoms with van der Waals surface area (Å²) in [7, 11) is 0. The van der Waals surface area contributed by atoms with E-state index in [1.165, 1.54) is 17.9 Å². The minimum atomic E-state index is -0.947. The van der Waals surface area contributed by atoms with Crippen molar-refractivity contribution in [3.63, 3.8) is 0 Å². The molecule has 1 aromatic heterocycles. The molecular formula is C7H11N5O3. The van der Waals surface area contributed by atoms with Gasteiger partial charge in [0.05, 0.1) is 5.92 Å².